The number of hydrogen-bond donors (Lipinski definition) is 1. The van der Waals surface area contributed by atoms with Crippen molar-refractivity contribution in [3.05, 3.63) is 0 Å². The van der Waals surface area contributed by atoms with E-state index < -0.39 is 13.7 Å². The van der Waals surface area contributed by atoms with Gasteiger partial charge >= 0.3 is 7.60 Å². The van der Waals surface area contributed by atoms with E-state index in [4.69, 9.17) is 14.2 Å². The fraction of sp³-hybridized carbons (Fsp3) is 1.00. The topological polar surface area (TPSA) is 55.8 Å². The van der Waals surface area contributed by atoms with Crippen LogP contribution in [0.1, 0.15) is 27.2 Å². The lowest BCUT2D eigenvalue weighted by Gasteiger charge is -2.17. The maximum absolute atomic E-state index is 11.8. The molecule has 0 rings (SSSR count). The largest absolute Gasteiger partial charge is 0.393 e. The van der Waals surface area contributed by atoms with Crippen molar-refractivity contribution in [3.8, 4) is 0 Å². The zero-order valence-corrected chi connectivity index (χ0v) is 9.42. The first-order chi connectivity index (χ1) is 6.04. The fourth-order valence-corrected chi connectivity index (χ4v) is 2.71. The summed E-state index contributed by atoms with van der Waals surface area (Å²) in [4.78, 5) is 0. The van der Waals surface area contributed by atoms with Crippen LogP contribution in [0.2, 0.25) is 0 Å². The average molecular weight is 210 g/mol. The van der Waals surface area contributed by atoms with Gasteiger partial charge in [-0.2, -0.15) is 0 Å². The van der Waals surface area contributed by atoms with E-state index in [1.54, 1.807) is 20.8 Å². The minimum Gasteiger partial charge on any atom is -0.393 e. The predicted molar refractivity (Wildman–Crippen MR) is 52.0 cm³/mol. The zero-order valence-electron chi connectivity index (χ0n) is 8.52. The normalized spacial score (nSPS) is 14.5. The van der Waals surface area contributed by atoms with Gasteiger partial charge in [-0.3, -0.25) is 4.57 Å². The third-order valence-corrected chi connectivity index (χ3v) is 3.58. The second-order valence-corrected chi connectivity index (χ2v) is 4.99. The molecule has 0 saturated heterocycles. The third kappa shape index (κ3) is 6.22. The Labute approximate surface area is 79.8 Å². The Morgan fingerprint density at radius 1 is 1.31 bits per heavy atom. The molecule has 0 amide bonds. The molecule has 0 aliphatic carbocycles. The maximum Gasteiger partial charge on any atom is 0.330 e. The first-order valence-electron chi connectivity index (χ1n) is 4.60. The molecule has 4 nitrogen and oxygen atoms in total. The summed E-state index contributed by atoms with van der Waals surface area (Å²) in [5, 5.41) is 9.02. The van der Waals surface area contributed by atoms with Crippen molar-refractivity contribution in [3.63, 3.8) is 0 Å². The highest BCUT2D eigenvalue weighted by Crippen LogP contribution is 2.48. The Morgan fingerprint density at radius 2 is 1.77 bits per heavy atom. The minimum absolute atomic E-state index is 0.284. The van der Waals surface area contributed by atoms with Crippen molar-refractivity contribution < 1.29 is 18.7 Å². The summed E-state index contributed by atoms with van der Waals surface area (Å²) in [6.45, 7) is 5.94. The van der Waals surface area contributed by atoms with E-state index in [9.17, 15) is 4.57 Å². The molecule has 0 aromatic carbocycles. The molecule has 0 aromatic heterocycles. The third-order valence-electron chi connectivity index (χ3n) is 1.47. The molecule has 0 aromatic rings. The lowest BCUT2D eigenvalue weighted by Crippen LogP contribution is -2.07. The smallest absolute Gasteiger partial charge is 0.330 e. The lowest BCUT2D eigenvalue weighted by molar-refractivity contribution is 0.179. The Kier molecular flexibility index (Phi) is 6.60. The highest BCUT2D eigenvalue weighted by molar-refractivity contribution is 7.53. The Morgan fingerprint density at radius 3 is 2.08 bits per heavy atom. The molecule has 0 aliphatic heterocycles. The minimum atomic E-state index is -2.93. The Balaban J connectivity index is 3.99. The van der Waals surface area contributed by atoms with Crippen LogP contribution in [0.15, 0.2) is 0 Å². The van der Waals surface area contributed by atoms with Crippen molar-refractivity contribution in [2.45, 2.75) is 33.3 Å². The van der Waals surface area contributed by atoms with E-state index in [0.29, 0.717) is 19.6 Å². The van der Waals surface area contributed by atoms with Gasteiger partial charge in [0, 0.05) is 0 Å². The fourth-order valence-electron chi connectivity index (χ4n) is 0.905. The lowest BCUT2D eigenvalue weighted by atomic mass is 10.3. The summed E-state index contributed by atoms with van der Waals surface area (Å²) in [5.74, 6) is 0. The number of rotatable bonds is 7. The summed E-state index contributed by atoms with van der Waals surface area (Å²) in [6, 6.07) is 0. The number of aliphatic hydroxyl groups excluding tert-OH is 1. The van der Waals surface area contributed by atoms with Crippen LogP contribution in [0.5, 0.6) is 0 Å². The van der Waals surface area contributed by atoms with E-state index >= 15 is 0 Å². The monoisotopic (exact) mass is 210 g/mol. The van der Waals surface area contributed by atoms with Crippen molar-refractivity contribution in [2.75, 3.05) is 19.4 Å². The molecule has 80 valence electrons. The molecule has 0 aliphatic rings. The van der Waals surface area contributed by atoms with Gasteiger partial charge in [0.1, 0.15) is 0 Å². The highest BCUT2D eigenvalue weighted by atomic mass is 31.2. The summed E-state index contributed by atoms with van der Waals surface area (Å²) in [6.07, 6.45) is 0.262. The average Bonchev–Trinajstić information content (AvgIpc) is 2.02. The van der Waals surface area contributed by atoms with E-state index in [2.05, 4.69) is 0 Å². The van der Waals surface area contributed by atoms with Crippen LogP contribution in [-0.2, 0) is 13.6 Å². The van der Waals surface area contributed by atoms with E-state index in [0.717, 1.165) is 0 Å². The maximum atomic E-state index is 11.8. The zero-order chi connectivity index (χ0) is 10.3. The molecule has 0 heterocycles. The quantitative estimate of drug-likeness (QED) is 0.653. The molecule has 1 unspecified atom stereocenters. The van der Waals surface area contributed by atoms with Crippen LogP contribution in [0.4, 0.5) is 0 Å². The summed E-state index contributed by atoms with van der Waals surface area (Å²) >= 11 is 0. The van der Waals surface area contributed by atoms with E-state index in [1.807, 2.05) is 0 Å². The summed E-state index contributed by atoms with van der Waals surface area (Å²) in [7, 11) is -2.93. The first kappa shape index (κ1) is 13.1. The molecule has 1 N–H and O–H groups in total. The number of hydrogen-bond acceptors (Lipinski definition) is 4. The van der Waals surface area contributed by atoms with Gasteiger partial charge in [-0.05, 0) is 27.2 Å². The predicted octanol–water partition coefficient (Wildman–Crippen LogP) is 2.02. The molecule has 0 radical (unpaired) electrons. The van der Waals surface area contributed by atoms with Crippen molar-refractivity contribution >= 4 is 7.60 Å². The molecule has 0 saturated carbocycles. The van der Waals surface area contributed by atoms with Crippen LogP contribution in [0.3, 0.4) is 0 Å². The van der Waals surface area contributed by atoms with Gasteiger partial charge in [-0.1, -0.05) is 0 Å². The second-order valence-electron chi connectivity index (χ2n) is 2.81. The van der Waals surface area contributed by atoms with E-state index in [-0.39, 0.29) is 6.16 Å². The standard InChI is InChI=1S/C8H19O4P/c1-4-11-13(10,12-5-2)7-6-8(3)9/h8-9H,4-7H2,1-3H3. The molecule has 0 fully saturated rings. The Hall–Kier alpha value is 0.110. The summed E-state index contributed by atoms with van der Waals surface area (Å²) < 4.78 is 21.8. The van der Waals surface area contributed by atoms with Gasteiger partial charge in [0.2, 0.25) is 0 Å². The van der Waals surface area contributed by atoms with Crippen molar-refractivity contribution in [2.24, 2.45) is 0 Å². The summed E-state index contributed by atoms with van der Waals surface area (Å²) in [5.41, 5.74) is 0. The van der Waals surface area contributed by atoms with Gasteiger partial charge in [-0.15, -0.1) is 0 Å². The first-order valence-corrected chi connectivity index (χ1v) is 6.33. The molecular weight excluding hydrogens is 191 g/mol. The van der Waals surface area contributed by atoms with Crippen molar-refractivity contribution in [1.82, 2.24) is 0 Å². The highest BCUT2D eigenvalue weighted by Gasteiger charge is 2.23. The van der Waals surface area contributed by atoms with Gasteiger partial charge in [0.05, 0.1) is 25.5 Å². The van der Waals surface area contributed by atoms with Crippen LogP contribution in [0.25, 0.3) is 0 Å². The molecule has 5 heteroatoms. The molecular formula is C8H19O4P. The second kappa shape index (κ2) is 6.55. The molecule has 1 atom stereocenters. The molecule has 0 spiro atoms. The Bertz CT molecular complexity index is 160. The van der Waals surface area contributed by atoms with Crippen LogP contribution in [0, 0.1) is 0 Å². The van der Waals surface area contributed by atoms with Gasteiger partial charge in [0.25, 0.3) is 0 Å². The number of aliphatic hydroxyl groups is 1. The van der Waals surface area contributed by atoms with Gasteiger partial charge in [0.15, 0.2) is 0 Å². The van der Waals surface area contributed by atoms with E-state index in [1.165, 1.54) is 0 Å². The van der Waals surface area contributed by atoms with Crippen LogP contribution < -0.4 is 0 Å². The molecule has 13 heavy (non-hydrogen) atoms. The van der Waals surface area contributed by atoms with Crippen LogP contribution >= 0.6 is 7.60 Å². The van der Waals surface area contributed by atoms with Gasteiger partial charge in [-0.25, -0.2) is 0 Å². The van der Waals surface area contributed by atoms with Gasteiger partial charge < -0.3 is 14.2 Å². The SMILES string of the molecule is CCOP(=O)(CCC(C)O)OCC. The van der Waals surface area contributed by atoms with Crippen LogP contribution in [-0.4, -0.2) is 30.6 Å². The molecule has 0 bridgehead atoms. The van der Waals surface area contributed by atoms with Crippen molar-refractivity contribution in [1.29, 1.82) is 0 Å².